The minimum absolute atomic E-state index is 0.548. The van der Waals surface area contributed by atoms with E-state index < -0.39 is 0 Å². The molecule has 4 nitrogen and oxygen atoms in total. The molecule has 0 saturated heterocycles. The molecule has 0 fully saturated rings. The van der Waals surface area contributed by atoms with Crippen LogP contribution in [0.3, 0.4) is 0 Å². The molecule has 0 N–H and O–H groups in total. The molecular formula is C57H38N4. The van der Waals surface area contributed by atoms with Crippen LogP contribution in [-0.2, 0) is 0 Å². The van der Waals surface area contributed by atoms with Crippen LogP contribution >= 0.6 is 0 Å². The maximum absolute atomic E-state index is 5.43. The Morgan fingerprint density at radius 3 is 1.28 bits per heavy atom. The number of rotatable bonds is 8. The fourth-order valence-corrected chi connectivity index (χ4v) is 8.43. The van der Waals surface area contributed by atoms with Gasteiger partial charge in [0.05, 0.1) is 11.0 Å². The van der Waals surface area contributed by atoms with E-state index in [0.717, 1.165) is 88.6 Å². The van der Waals surface area contributed by atoms with Crippen LogP contribution in [0.15, 0.2) is 231 Å². The number of benzene rings is 9. The summed E-state index contributed by atoms with van der Waals surface area (Å²) in [4.78, 5) is 16.1. The van der Waals surface area contributed by atoms with Gasteiger partial charge >= 0.3 is 0 Å². The van der Waals surface area contributed by atoms with E-state index in [4.69, 9.17) is 15.0 Å². The topological polar surface area (TPSA) is 43.6 Å². The molecule has 0 radical (unpaired) electrons. The zero-order valence-electron chi connectivity index (χ0n) is 33.2. The van der Waals surface area contributed by atoms with Crippen molar-refractivity contribution in [3.63, 3.8) is 0 Å². The Balaban J connectivity index is 1.22. The van der Waals surface area contributed by atoms with Crippen molar-refractivity contribution in [2.75, 3.05) is 0 Å². The van der Waals surface area contributed by atoms with Crippen molar-refractivity contribution in [3.8, 4) is 84.4 Å². The molecule has 0 aliphatic carbocycles. The highest BCUT2D eigenvalue weighted by molar-refractivity contribution is 6.15. The Bertz CT molecular complexity index is 3310. The molecule has 11 aromatic rings. The summed E-state index contributed by atoms with van der Waals surface area (Å²) in [6.07, 6.45) is 0. The molecule has 0 atom stereocenters. The number of aromatic nitrogens is 4. The molecule has 0 unspecified atom stereocenters. The lowest BCUT2D eigenvalue weighted by Crippen LogP contribution is -2.07. The van der Waals surface area contributed by atoms with Gasteiger partial charge in [-0.1, -0.05) is 206 Å². The summed E-state index contributed by atoms with van der Waals surface area (Å²) in [5, 5.41) is 2.24. The Hall–Kier alpha value is -8.21. The normalized spacial score (nSPS) is 11.3. The summed E-state index contributed by atoms with van der Waals surface area (Å²) in [7, 11) is 0. The lowest BCUT2D eigenvalue weighted by molar-refractivity contribution is 0.954. The molecule has 0 aliphatic heterocycles. The van der Waals surface area contributed by atoms with Crippen molar-refractivity contribution in [2.45, 2.75) is 0 Å². The number of nitrogens with zero attached hydrogens (tertiary/aromatic N) is 4. The van der Waals surface area contributed by atoms with Crippen LogP contribution in [0.2, 0.25) is 0 Å². The Morgan fingerprint density at radius 2 is 0.689 bits per heavy atom. The van der Waals surface area contributed by atoms with Gasteiger partial charge in [0.2, 0.25) is 5.95 Å². The van der Waals surface area contributed by atoms with Crippen molar-refractivity contribution in [1.29, 1.82) is 0 Å². The van der Waals surface area contributed by atoms with Crippen LogP contribution < -0.4 is 0 Å². The number of fused-ring (bicyclic) bond motifs is 3. The van der Waals surface area contributed by atoms with E-state index in [0.29, 0.717) is 17.6 Å². The average Bonchev–Trinajstić information content (AvgIpc) is 3.68. The summed E-state index contributed by atoms with van der Waals surface area (Å²) >= 11 is 0. The van der Waals surface area contributed by atoms with Gasteiger partial charge in [0.1, 0.15) is 0 Å². The first kappa shape index (κ1) is 35.9. The summed E-state index contributed by atoms with van der Waals surface area (Å²) in [5.41, 5.74) is 15.1. The SMILES string of the molecule is c1ccc(-c2ccc(-c3nc(-c4cccc(-c5ccccc5)c4)nc(-n4c5cc(-c6ccccc6)ccc5c5cc(-c6ccccc6)cc(-c6ccccc6)c54)n3)cc2)cc1. The third-order valence-electron chi connectivity index (χ3n) is 11.5. The van der Waals surface area contributed by atoms with Crippen LogP contribution in [0, 0.1) is 0 Å². The second-order valence-electron chi connectivity index (χ2n) is 15.3. The highest BCUT2D eigenvalue weighted by Gasteiger charge is 2.23. The van der Waals surface area contributed by atoms with Crippen LogP contribution in [0.4, 0.5) is 0 Å². The molecule has 0 aliphatic rings. The van der Waals surface area contributed by atoms with Crippen LogP contribution in [0.5, 0.6) is 0 Å². The van der Waals surface area contributed by atoms with Crippen molar-refractivity contribution in [2.24, 2.45) is 0 Å². The van der Waals surface area contributed by atoms with Crippen molar-refractivity contribution < 1.29 is 0 Å². The minimum atomic E-state index is 0.548. The van der Waals surface area contributed by atoms with E-state index in [2.05, 4.69) is 223 Å². The smallest absolute Gasteiger partial charge is 0.238 e. The molecule has 0 saturated carbocycles. The van der Waals surface area contributed by atoms with Gasteiger partial charge in [0.15, 0.2) is 11.6 Å². The van der Waals surface area contributed by atoms with Gasteiger partial charge in [0, 0.05) is 27.5 Å². The second-order valence-corrected chi connectivity index (χ2v) is 15.3. The van der Waals surface area contributed by atoms with E-state index in [1.807, 2.05) is 12.1 Å². The van der Waals surface area contributed by atoms with Crippen molar-refractivity contribution in [3.05, 3.63) is 231 Å². The molecule has 61 heavy (non-hydrogen) atoms. The Labute approximate surface area is 354 Å². The average molecular weight is 779 g/mol. The summed E-state index contributed by atoms with van der Waals surface area (Å²) in [6, 6.07) is 81.2. The highest BCUT2D eigenvalue weighted by atomic mass is 15.2. The second kappa shape index (κ2) is 15.5. The molecule has 0 spiro atoms. The fourth-order valence-electron chi connectivity index (χ4n) is 8.43. The quantitative estimate of drug-likeness (QED) is 0.154. The first-order chi connectivity index (χ1) is 30.2. The van der Waals surface area contributed by atoms with E-state index in [9.17, 15) is 0 Å². The maximum atomic E-state index is 5.43. The predicted octanol–water partition coefficient (Wildman–Crippen LogP) is 14.6. The van der Waals surface area contributed by atoms with Gasteiger partial charge in [0.25, 0.3) is 0 Å². The third kappa shape index (κ3) is 6.86. The first-order valence-electron chi connectivity index (χ1n) is 20.6. The van der Waals surface area contributed by atoms with Crippen LogP contribution in [-0.4, -0.2) is 19.5 Å². The lowest BCUT2D eigenvalue weighted by atomic mass is 9.95. The van der Waals surface area contributed by atoms with Crippen molar-refractivity contribution in [1.82, 2.24) is 19.5 Å². The zero-order valence-corrected chi connectivity index (χ0v) is 33.2. The van der Waals surface area contributed by atoms with E-state index in [1.54, 1.807) is 0 Å². The largest absolute Gasteiger partial charge is 0.277 e. The maximum Gasteiger partial charge on any atom is 0.238 e. The van der Waals surface area contributed by atoms with Gasteiger partial charge in [-0.15, -0.1) is 0 Å². The van der Waals surface area contributed by atoms with Crippen LogP contribution in [0.25, 0.3) is 106 Å². The van der Waals surface area contributed by atoms with Gasteiger partial charge in [-0.3, -0.25) is 4.57 Å². The zero-order chi connectivity index (χ0) is 40.5. The molecule has 2 aromatic heterocycles. The minimum Gasteiger partial charge on any atom is -0.277 e. The Kier molecular flexibility index (Phi) is 9.14. The van der Waals surface area contributed by atoms with Crippen LogP contribution in [0.1, 0.15) is 0 Å². The molecule has 4 heteroatoms. The molecule has 9 aromatic carbocycles. The standard InChI is InChI=1S/C57H38N4/c1-6-17-39(18-7-1)43-29-31-45(32-30-43)55-58-56(48-28-16-27-46(35-48)40-19-8-2-9-20-40)60-57(59-55)61-53-38-47(41-21-10-3-11-22-41)33-34-50(53)52-37-49(42-23-12-4-13-24-42)36-51(54(52)61)44-25-14-5-15-26-44/h1-38H. The monoisotopic (exact) mass is 778 g/mol. The molecule has 286 valence electrons. The summed E-state index contributed by atoms with van der Waals surface area (Å²) in [5.74, 6) is 1.74. The molecule has 2 heterocycles. The lowest BCUT2D eigenvalue weighted by Gasteiger charge is -2.15. The first-order valence-corrected chi connectivity index (χ1v) is 20.6. The number of hydrogen-bond donors (Lipinski definition) is 0. The van der Waals surface area contributed by atoms with Gasteiger partial charge in [-0.25, -0.2) is 4.98 Å². The van der Waals surface area contributed by atoms with E-state index in [-0.39, 0.29) is 0 Å². The van der Waals surface area contributed by atoms with Crippen molar-refractivity contribution >= 4 is 21.8 Å². The molecular weight excluding hydrogens is 741 g/mol. The number of hydrogen-bond acceptors (Lipinski definition) is 3. The summed E-state index contributed by atoms with van der Waals surface area (Å²) < 4.78 is 2.27. The van der Waals surface area contributed by atoms with Gasteiger partial charge in [-0.2, -0.15) is 9.97 Å². The molecule has 0 bridgehead atoms. The molecule has 0 amide bonds. The van der Waals surface area contributed by atoms with Gasteiger partial charge in [-0.05, 0) is 74.3 Å². The fraction of sp³-hybridized carbons (Fsp3) is 0. The summed E-state index contributed by atoms with van der Waals surface area (Å²) in [6.45, 7) is 0. The van der Waals surface area contributed by atoms with E-state index in [1.165, 1.54) is 0 Å². The predicted molar refractivity (Wildman–Crippen MR) is 252 cm³/mol. The highest BCUT2D eigenvalue weighted by Crippen LogP contribution is 2.42. The molecule has 11 rings (SSSR count). The Morgan fingerprint density at radius 1 is 0.262 bits per heavy atom. The third-order valence-corrected chi connectivity index (χ3v) is 11.5. The van der Waals surface area contributed by atoms with Gasteiger partial charge < -0.3 is 0 Å². The van der Waals surface area contributed by atoms with E-state index >= 15 is 0 Å².